The van der Waals surface area contributed by atoms with Gasteiger partial charge in [0.1, 0.15) is 30.4 Å². The van der Waals surface area contributed by atoms with Crippen LogP contribution in [0.1, 0.15) is 17.3 Å². The number of amides is 1. The Labute approximate surface area is 200 Å². The van der Waals surface area contributed by atoms with Crippen LogP contribution < -0.4 is 9.64 Å². The highest BCUT2D eigenvalue weighted by atomic mass is 35.6. The Kier molecular flexibility index (Phi) is 7.54. The number of β-lactam (4-membered cyclic amide) rings is 1. The third kappa shape index (κ3) is 5.46. The molecule has 1 fully saturated rings. The summed E-state index contributed by atoms with van der Waals surface area (Å²) in [5, 5.41) is 0. The van der Waals surface area contributed by atoms with Gasteiger partial charge < -0.3 is 19.1 Å². The molecule has 0 spiro atoms. The summed E-state index contributed by atoms with van der Waals surface area (Å²) in [5.74, 6) is -0.954. The fourth-order valence-electron chi connectivity index (χ4n) is 3.45. The van der Waals surface area contributed by atoms with Gasteiger partial charge in [0.2, 0.25) is 9.70 Å². The molecular weight excluding hydrogens is 481 g/mol. The number of Topliss-reactive ketones (excluding diaryl/α,β-unsaturated/α-hetero) is 1. The van der Waals surface area contributed by atoms with Gasteiger partial charge in [-0.1, -0.05) is 65.1 Å². The van der Waals surface area contributed by atoms with Crippen molar-refractivity contribution in [3.63, 3.8) is 0 Å². The van der Waals surface area contributed by atoms with Crippen LogP contribution in [0.4, 0.5) is 10.5 Å². The number of hydrogen-bond acceptors (Lipinski definition) is 6. The quantitative estimate of drug-likeness (QED) is 0.235. The van der Waals surface area contributed by atoms with Crippen molar-refractivity contribution >= 4 is 58.3 Å². The Morgan fingerprint density at radius 3 is 2.25 bits per heavy atom. The summed E-state index contributed by atoms with van der Waals surface area (Å²) in [6.45, 7) is 0.988. The first-order valence-corrected chi connectivity index (χ1v) is 10.7. The number of carbonyl (C=O) groups excluding carboxylic acids is 3. The van der Waals surface area contributed by atoms with Gasteiger partial charge in [-0.25, -0.2) is 4.79 Å². The Hall–Kier alpha value is -2.48. The third-order valence-corrected chi connectivity index (χ3v) is 5.29. The highest BCUT2D eigenvalue weighted by Crippen LogP contribution is 2.38. The van der Waals surface area contributed by atoms with Gasteiger partial charge in [0, 0.05) is 11.3 Å². The van der Waals surface area contributed by atoms with Crippen molar-refractivity contribution in [2.45, 2.75) is 22.9 Å². The van der Waals surface area contributed by atoms with Gasteiger partial charge in [-0.05, 0) is 31.2 Å². The molecule has 2 aromatic carbocycles. The summed E-state index contributed by atoms with van der Waals surface area (Å²) < 4.78 is 13.3. The van der Waals surface area contributed by atoms with Crippen molar-refractivity contribution in [2.24, 2.45) is 5.92 Å². The number of rotatable bonds is 7. The van der Waals surface area contributed by atoms with Gasteiger partial charge in [0.15, 0.2) is 5.78 Å². The van der Waals surface area contributed by atoms with Crippen LogP contribution >= 0.6 is 34.8 Å². The van der Waals surface area contributed by atoms with Crippen molar-refractivity contribution in [1.29, 1.82) is 0 Å². The van der Waals surface area contributed by atoms with Gasteiger partial charge in [-0.3, -0.25) is 9.59 Å². The monoisotopic (exact) mass is 499 g/mol. The standard InChI is InChI=1S/C22H20Cl3NO6/c1-13(32-21(29)31-12-22(23,24)25)17-18(19(27)14-6-4-3-5-7-14)26(20(17)28)15-8-10-16(30-2)11-9-15/h3-11,13,17-18H,12H2,1-2H3/t13-,17-,18+/m1/s1. The van der Waals surface area contributed by atoms with E-state index in [4.69, 9.17) is 49.0 Å². The van der Waals surface area contributed by atoms with Gasteiger partial charge in [0.25, 0.3) is 0 Å². The highest BCUT2D eigenvalue weighted by Gasteiger charge is 2.55. The molecule has 3 rings (SSSR count). The van der Waals surface area contributed by atoms with Crippen LogP contribution in [0.3, 0.4) is 0 Å². The Morgan fingerprint density at radius 1 is 1.06 bits per heavy atom. The minimum atomic E-state index is -1.80. The maximum absolute atomic E-state index is 13.3. The number of ketones is 1. The fourth-order valence-corrected chi connectivity index (χ4v) is 3.62. The molecule has 1 amide bonds. The molecule has 0 radical (unpaired) electrons. The molecule has 0 aromatic heterocycles. The van der Waals surface area contributed by atoms with Crippen molar-refractivity contribution in [3.8, 4) is 5.75 Å². The molecule has 1 saturated heterocycles. The maximum Gasteiger partial charge on any atom is 0.508 e. The van der Waals surface area contributed by atoms with Crippen LogP contribution in [0.15, 0.2) is 54.6 Å². The third-order valence-electron chi connectivity index (χ3n) is 4.96. The smallest absolute Gasteiger partial charge is 0.497 e. The molecule has 1 aliphatic heterocycles. The van der Waals surface area contributed by atoms with Crippen LogP contribution in [0.25, 0.3) is 0 Å². The van der Waals surface area contributed by atoms with E-state index in [0.29, 0.717) is 17.0 Å². The number of carbonyl (C=O) groups is 3. The van der Waals surface area contributed by atoms with E-state index in [1.807, 2.05) is 0 Å². The molecule has 0 unspecified atom stereocenters. The van der Waals surface area contributed by atoms with Gasteiger partial charge in [-0.15, -0.1) is 0 Å². The fraction of sp³-hybridized carbons (Fsp3) is 0.318. The number of benzene rings is 2. The summed E-state index contributed by atoms with van der Waals surface area (Å²) in [5.41, 5.74) is 0.951. The van der Waals surface area contributed by atoms with Gasteiger partial charge in [-0.2, -0.15) is 0 Å². The zero-order chi connectivity index (χ0) is 23.5. The second kappa shape index (κ2) is 9.98. The Morgan fingerprint density at radius 2 is 1.69 bits per heavy atom. The summed E-state index contributed by atoms with van der Waals surface area (Å²) in [6.07, 6.45) is -2.07. The molecule has 32 heavy (non-hydrogen) atoms. The van der Waals surface area contributed by atoms with E-state index in [-0.39, 0.29) is 11.7 Å². The number of hydrogen-bond donors (Lipinski definition) is 0. The lowest BCUT2D eigenvalue weighted by atomic mass is 9.78. The molecule has 1 heterocycles. The van der Waals surface area contributed by atoms with Gasteiger partial charge in [0.05, 0.1) is 7.11 Å². The number of nitrogens with zero attached hydrogens (tertiary/aromatic N) is 1. The molecule has 0 N–H and O–H groups in total. The van der Waals surface area contributed by atoms with Crippen LogP contribution in [0.2, 0.25) is 0 Å². The predicted octanol–water partition coefficient (Wildman–Crippen LogP) is 4.82. The van der Waals surface area contributed by atoms with E-state index >= 15 is 0 Å². The van der Waals surface area contributed by atoms with Crippen LogP contribution in [-0.4, -0.2) is 47.5 Å². The lowest BCUT2D eigenvalue weighted by molar-refractivity contribution is -0.134. The maximum atomic E-state index is 13.3. The first-order valence-electron chi connectivity index (χ1n) is 9.59. The molecule has 170 valence electrons. The first-order chi connectivity index (χ1) is 15.1. The van der Waals surface area contributed by atoms with E-state index in [0.717, 1.165) is 0 Å². The summed E-state index contributed by atoms with van der Waals surface area (Å²) >= 11 is 16.7. The molecule has 2 aromatic rings. The molecule has 0 aliphatic carbocycles. The molecule has 10 heteroatoms. The highest BCUT2D eigenvalue weighted by molar-refractivity contribution is 6.67. The minimum Gasteiger partial charge on any atom is -0.497 e. The predicted molar refractivity (Wildman–Crippen MR) is 121 cm³/mol. The summed E-state index contributed by atoms with van der Waals surface area (Å²) in [7, 11) is 1.53. The van der Waals surface area contributed by atoms with Crippen LogP contribution in [0, 0.1) is 5.92 Å². The van der Waals surface area contributed by atoms with Gasteiger partial charge >= 0.3 is 6.16 Å². The molecule has 1 aliphatic rings. The zero-order valence-electron chi connectivity index (χ0n) is 17.2. The lowest BCUT2D eigenvalue weighted by Gasteiger charge is -2.47. The molecule has 7 nitrogen and oxygen atoms in total. The number of ether oxygens (including phenoxy) is 3. The summed E-state index contributed by atoms with van der Waals surface area (Å²) in [6, 6.07) is 14.4. The normalized spacial score (nSPS) is 19.0. The minimum absolute atomic E-state index is 0.281. The number of methoxy groups -OCH3 is 1. The molecular formula is C22H20Cl3NO6. The zero-order valence-corrected chi connectivity index (χ0v) is 19.4. The second-order valence-corrected chi connectivity index (χ2v) is 9.60. The second-order valence-electron chi connectivity index (χ2n) is 7.08. The average Bonchev–Trinajstić information content (AvgIpc) is 2.76. The number of anilines is 1. The van der Waals surface area contributed by atoms with E-state index in [1.54, 1.807) is 54.6 Å². The average molecular weight is 501 g/mol. The largest absolute Gasteiger partial charge is 0.508 e. The Bertz CT molecular complexity index is 977. The topological polar surface area (TPSA) is 82.1 Å². The number of alkyl halides is 3. The van der Waals surface area contributed by atoms with Crippen molar-refractivity contribution in [2.75, 3.05) is 18.6 Å². The lowest BCUT2D eigenvalue weighted by Crippen LogP contribution is -2.68. The van der Waals surface area contributed by atoms with Crippen molar-refractivity contribution < 1.29 is 28.6 Å². The number of halogens is 3. The van der Waals surface area contributed by atoms with Crippen LogP contribution in [-0.2, 0) is 14.3 Å². The van der Waals surface area contributed by atoms with Crippen molar-refractivity contribution in [3.05, 3.63) is 60.2 Å². The Balaban J connectivity index is 1.83. The molecule has 3 atom stereocenters. The summed E-state index contributed by atoms with van der Waals surface area (Å²) in [4.78, 5) is 39.7. The van der Waals surface area contributed by atoms with E-state index in [1.165, 1.54) is 18.9 Å². The van der Waals surface area contributed by atoms with E-state index in [2.05, 4.69) is 0 Å². The SMILES string of the molecule is COc1ccc(N2C(=O)[C@H]([C@@H](C)OC(=O)OCC(Cl)(Cl)Cl)[C@H]2C(=O)c2ccccc2)cc1. The van der Waals surface area contributed by atoms with E-state index in [9.17, 15) is 14.4 Å². The van der Waals surface area contributed by atoms with Crippen LogP contribution in [0.5, 0.6) is 5.75 Å². The van der Waals surface area contributed by atoms with Crippen molar-refractivity contribution in [1.82, 2.24) is 0 Å². The molecule has 0 bridgehead atoms. The van der Waals surface area contributed by atoms with E-state index < -0.39 is 34.6 Å². The first kappa shape index (κ1) is 24.2. The molecule has 0 saturated carbocycles.